The molecule has 0 radical (unpaired) electrons. The molecule has 2 aromatic rings. The minimum atomic E-state index is -1.30. The van der Waals surface area contributed by atoms with Crippen LogP contribution in [0.5, 0.6) is 17.2 Å². The lowest BCUT2D eigenvalue weighted by Gasteiger charge is -2.14. The van der Waals surface area contributed by atoms with Gasteiger partial charge in [-0.1, -0.05) is 46.4 Å². The van der Waals surface area contributed by atoms with E-state index in [1.165, 1.54) is 24.3 Å². The van der Waals surface area contributed by atoms with Gasteiger partial charge in [0.1, 0.15) is 22.9 Å². The number of benzene rings is 2. The van der Waals surface area contributed by atoms with Crippen molar-refractivity contribution in [2.24, 2.45) is 0 Å². The summed E-state index contributed by atoms with van der Waals surface area (Å²) in [5.41, 5.74) is 0.0407. The van der Waals surface area contributed by atoms with Gasteiger partial charge in [0.25, 0.3) is 0 Å². The molecule has 132 valence electrons. The summed E-state index contributed by atoms with van der Waals surface area (Å²) < 4.78 is 5.53. The Labute approximate surface area is 161 Å². The van der Waals surface area contributed by atoms with Crippen molar-refractivity contribution in [1.82, 2.24) is 0 Å². The first-order chi connectivity index (χ1) is 11.7. The van der Waals surface area contributed by atoms with E-state index >= 15 is 0 Å². The predicted octanol–water partition coefficient (Wildman–Crippen LogP) is 5.21. The van der Waals surface area contributed by atoms with Crippen LogP contribution in [0.2, 0.25) is 20.1 Å². The molecule has 6 nitrogen and oxygen atoms in total. The van der Waals surface area contributed by atoms with Crippen LogP contribution in [0.15, 0.2) is 24.3 Å². The summed E-state index contributed by atoms with van der Waals surface area (Å²) in [5, 5.41) is 20.2. The normalized spacial score (nSPS) is 10.4. The van der Waals surface area contributed by atoms with Crippen LogP contribution in [0.4, 0.5) is 5.69 Å². The molecule has 0 atom stereocenters. The molecule has 3 N–H and O–H groups in total. The van der Waals surface area contributed by atoms with E-state index in [2.05, 4.69) is 5.32 Å². The third-order valence-corrected chi connectivity index (χ3v) is 4.27. The fourth-order valence-corrected chi connectivity index (χ4v) is 2.65. The maximum atomic E-state index is 11.5. The molecule has 0 unspecified atom stereocenters. The molecule has 1 amide bonds. The van der Waals surface area contributed by atoms with E-state index < -0.39 is 18.3 Å². The number of ether oxygens (including phenoxy) is 1. The van der Waals surface area contributed by atoms with E-state index in [1.54, 1.807) is 0 Å². The second-order valence-corrected chi connectivity index (χ2v) is 6.27. The van der Waals surface area contributed by atoms with Gasteiger partial charge in [0, 0.05) is 6.07 Å². The van der Waals surface area contributed by atoms with Crippen molar-refractivity contribution in [3.8, 4) is 17.2 Å². The number of aromatic hydroxyl groups is 1. The quantitative estimate of drug-likeness (QED) is 0.452. The molecular weight excluding hydrogens is 416 g/mol. The van der Waals surface area contributed by atoms with Crippen LogP contribution < -0.4 is 10.1 Å². The number of rotatable bonds is 5. The molecule has 0 bridgehead atoms. The van der Waals surface area contributed by atoms with Crippen LogP contribution in [-0.2, 0) is 9.59 Å². The number of phenols is 1. The number of halogens is 4. The minimum Gasteiger partial charge on any atom is -0.506 e. The highest BCUT2D eigenvalue weighted by atomic mass is 35.5. The average molecular weight is 425 g/mol. The number of aliphatic carboxylic acids is 1. The van der Waals surface area contributed by atoms with Crippen LogP contribution in [0.3, 0.4) is 0 Å². The lowest BCUT2D eigenvalue weighted by atomic mass is 10.2. The fourth-order valence-electron chi connectivity index (χ4n) is 1.76. The molecule has 0 saturated heterocycles. The lowest BCUT2D eigenvalue weighted by Crippen LogP contribution is -2.16. The molecule has 0 fully saturated rings. The van der Waals surface area contributed by atoms with Crippen LogP contribution in [-0.4, -0.2) is 22.1 Å². The Morgan fingerprint density at radius 3 is 2.32 bits per heavy atom. The van der Waals surface area contributed by atoms with E-state index in [1.807, 2.05) is 0 Å². The standard InChI is InChI=1S/C15H9Cl4NO5/c16-7-3-6(1-2-10(7)21)25-15-8(17)4-9(13(18)14(15)19)20-11(22)5-12(23)24/h1-4,21H,5H2,(H,20,22)(H,23,24). The Bertz CT molecular complexity index is 856. The van der Waals surface area contributed by atoms with Crippen molar-refractivity contribution in [2.45, 2.75) is 6.42 Å². The van der Waals surface area contributed by atoms with Gasteiger partial charge in [-0.05, 0) is 18.2 Å². The Morgan fingerprint density at radius 1 is 1.04 bits per heavy atom. The minimum absolute atomic E-state index is 0.00585. The number of carboxylic acid groups (broad SMARTS) is 1. The van der Waals surface area contributed by atoms with E-state index in [0.29, 0.717) is 0 Å². The first kappa shape index (κ1) is 19.5. The van der Waals surface area contributed by atoms with Gasteiger partial charge in [-0.3, -0.25) is 9.59 Å². The van der Waals surface area contributed by atoms with Crippen LogP contribution in [0.25, 0.3) is 0 Å². The summed E-state index contributed by atoms with van der Waals surface area (Å²) >= 11 is 24.1. The van der Waals surface area contributed by atoms with Crippen molar-refractivity contribution >= 4 is 64.0 Å². The zero-order chi connectivity index (χ0) is 18.7. The summed E-state index contributed by atoms with van der Waals surface area (Å²) in [4.78, 5) is 22.1. The molecule has 25 heavy (non-hydrogen) atoms. The molecule has 0 aromatic heterocycles. The van der Waals surface area contributed by atoms with Crippen LogP contribution in [0, 0.1) is 0 Å². The molecule has 10 heteroatoms. The van der Waals surface area contributed by atoms with Crippen molar-refractivity contribution < 1.29 is 24.5 Å². The summed E-state index contributed by atoms with van der Waals surface area (Å²) in [5.74, 6) is -1.96. The number of nitrogens with one attached hydrogen (secondary N) is 1. The molecule has 2 aromatic carbocycles. The highest BCUT2D eigenvalue weighted by Crippen LogP contribution is 2.45. The first-order valence-corrected chi connectivity index (χ1v) is 8.05. The molecule has 0 aliphatic heterocycles. The summed E-state index contributed by atoms with van der Waals surface area (Å²) in [7, 11) is 0. The van der Waals surface area contributed by atoms with Crippen molar-refractivity contribution in [3.05, 3.63) is 44.4 Å². The number of hydrogen-bond acceptors (Lipinski definition) is 4. The fraction of sp³-hybridized carbons (Fsp3) is 0.0667. The molecule has 0 aliphatic carbocycles. The van der Waals surface area contributed by atoms with Gasteiger partial charge in [-0.15, -0.1) is 0 Å². The van der Waals surface area contributed by atoms with Gasteiger partial charge >= 0.3 is 5.97 Å². The monoisotopic (exact) mass is 423 g/mol. The smallest absolute Gasteiger partial charge is 0.312 e. The largest absolute Gasteiger partial charge is 0.506 e. The van der Waals surface area contributed by atoms with E-state index in [9.17, 15) is 14.7 Å². The highest BCUT2D eigenvalue weighted by Gasteiger charge is 2.19. The van der Waals surface area contributed by atoms with Gasteiger partial charge in [0.15, 0.2) is 5.75 Å². The first-order valence-electron chi connectivity index (χ1n) is 6.54. The number of anilines is 1. The van der Waals surface area contributed by atoms with Crippen molar-refractivity contribution in [1.29, 1.82) is 0 Å². The summed E-state index contributed by atoms with van der Waals surface area (Å²) in [6.07, 6.45) is -0.740. The number of hydrogen-bond donors (Lipinski definition) is 3. The molecule has 2 rings (SSSR count). The molecule has 0 saturated carbocycles. The van der Waals surface area contributed by atoms with E-state index in [0.717, 1.165) is 0 Å². The number of carboxylic acids is 1. The third kappa shape index (κ3) is 4.83. The summed E-state index contributed by atoms with van der Waals surface area (Å²) in [6.45, 7) is 0. The Balaban J connectivity index is 2.31. The second-order valence-electron chi connectivity index (χ2n) is 4.70. The number of carbonyl (C=O) groups is 2. The predicted molar refractivity (Wildman–Crippen MR) is 95.5 cm³/mol. The maximum absolute atomic E-state index is 11.5. The van der Waals surface area contributed by atoms with Crippen LogP contribution >= 0.6 is 46.4 Å². The Morgan fingerprint density at radius 2 is 1.72 bits per heavy atom. The van der Waals surface area contributed by atoms with Crippen LogP contribution in [0.1, 0.15) is 6.42 Å². The van der Waals surface area contributed by atoms with Gasteiger partial charge in [0.2, 0.25) is 5.91 Å². The number of phenolic OH excluding ortho intramolecular Hbond substituents is 1. The highest BCUT2D eigenvalue weighted by molar-refractivity contribution is 6.46. The van der Waals surface area contributed by atoms with Gasteiger partial charge in [-0.25, -0.2) is 0 Å². The Hall–Kier alpha value is -1.86. The Kier molecular flexibility index (Phi) is 6.24. The van der Waals surface area contributed by atoms with E-state index in [4.69, 9.17) is 56.2 Å². The third-order valence-electron chi connectivity index (χ3n) is 2.84. The average Bonchev–Trinajstić information content (AvgIpc) is 2.51. The lowest BCUT2D eigenvalue weighted by molar-refractivity contribution is -0.139. The van der Waals surface area contributed by atoms with Gasteiger partial charge < -0.3 is 20.3 Å². The van der Waals surface area contributed by atoms with Crippen molar-refractivity contribution in [2.75, 3.05) is 5.32 Å². The zero-order valence-corrected chi connectivity index (χ0v) is 15.2. The topological polar surface area (TPSA) is 95.9 Å². The summed E-state index contributed by atoms with van der Waals surface area (Å²) in [6, 6.07) is 5.37. The number of carbonyl (C=O) groups excluding carboxylic acids is 1. The van der Waals surface area contributed by atoms with Crippen molar-refractivity contribution in [3.63, 3.8) is 0 Å². The molecule has 0 spiro atoms. The van der Waals surface area contributed by atoms with Gasteiger partial charge in [-0.2, -0.15) is 0 Å². The van der Waals surface area contributed by atoms with Gasteiger partial charge in [0.05, 0.1) is 20.8 Å². The maximum Gasteiger partial charge on any atom is 0.312 e. The number of amides is 1. The SMILES string of the molecule is O=C(O)CC(=O)Nc1cc(Cl)c(Oc2ccc(O)c(Cl)c2)c(Cl)c1Cl. The molecular formula is C15H9Cl4NO5. The zero-order valence-electron chi connectivity index (χ0n) is 12.1. The molecule has 0 heterocycles. The second kappa shape index (κ2) is 8.01. The molecule has 0 aliphatic rings. The van der Waals surface area contributed by atoms with E-state index in [-0.39, 0.29) is 43.0 Å².